The number of piperidine rings is 1. The maximum atomic E-state index is 12.4. The van der Waals surface area contributed by atoms with Crippen molar-refractivity contribution in [2.75, 3.05) is 6.54 Å². The highest BCUT2D eigenvalue weighted by Gasteiger charge is 2.24. The van der Waals surface area contributed by atoms with Gasteiger partial charge in [0.05, 0.1) is 5.69 Å². The smallest absolute Gasteiger partial charge is 0.267 e. The molecular formula is C16H23N3O2. The third kappa shape index (κ3) is 3.01. The van der Waals surface area contributed by atoms with Gasteiger partial charge in [-0.25, -0.2) is 4.68 Å². The number of nitrogens with zero attached hydrogens (tertiary/aromatic N) is 3. The SMILES string of the molecule is C[C@@H]1CCCCN1C(=O)Cn1nc2c(cc1=O)CCCC2. The van der Waals surface area contributed by atoms with Crippen molar-refractivity contribution in [3.63, 3.8) is 0 Å². The van der Waals surface area contributed by atoms with E-state index in [2.05, 4.69) is 12.0 Å². The predicted molar refractivity (Wildman–Crippen MR) is 80.2 cm³/mol. The third-order valence-corrected chi connectivity index (χ3v) is 4.68. The van der Waals surface area contributed by atoms with Crippen molar-refractivity contribution in [3.8, 4) is 0 Å². The first kappa shape index (κ1) is 14.3. The van der Waals surface area contributed by atoms with Crippen LogP contribution in [0.4, 0.5) is 0 Å². The van der Waals surface area contributed by atoms with Crippen molar-refractivity contribution in [2.24, 2.45) is 0 Å². The Balaban J connectivity index is 1.78. The summed E-state index contributed by atoms with van der Waals surface area (Å²) in [6.45, 7) is 2.97. The summed E-state index contributed by atoms with van der Waals surface area (Å²) in [5, 5.41) is 4.43. The number of hydrogen-bond acceptors (Lipinski definition) is 3. The Kier molecular flexibility index (Phi) is 4.08. The number of fused-ring (bicyclic) bond motifs is 1. The van der Waals surface area contributed by atoms with Gasteiger partial charge in [-0.05, 0) is 57.4 Å². The van der Waals surface area contributed by atoms with Crippen LogP contribution < -0.4 is 5.56 Å². The first-order valence-electron chi connectivity index (χ1n) is 8.04. The van der Waals surface area contributed by atoms with E-state index in [-0.39, 0.29) is 24.1 Å². The summed E-state index contributed by atoms with van der Waals surface area (Å²) in [6.07, 6.45) is 7.40. The lowest BCUT2D eigenvalue weighted by Crippen LogP contribution is -2.45. The Labute approximate surface area is 124 Å². The van der Waals surface area contributed by atoms with Crippen LogP contribution in [0.5, 0.6) is 0 Å². The Morgan fingerprint density at radius 3 is 2.90 bits per heavy atom. The normalized spacial score (nSPS) is 22.0. The summed E-state index contributed by atoms with van der Waals surface area (Å²) in [7, 11) is 0. The second-order valence-electron chi connectivity index (χ2n) is 6.25. The molecule has 1 aliphatic heterocycles. The van der Waals surface area contributed by atoms with Gasteiger partial charge in [0.25, 0.3) is 5.56 Å². The van der Waals surface area contributed by atoms with Crippen molar-refractivity contribution < 1.29 is 4.79 Å². The first-order chi connectivity index (χ1) is 10.1. The average molecular weight is 289 g/mol. The molecule has 0 aromatic carbocycles. The van der Waals surface area contributed by atoms with Crippen LogP contribution >= 0.6 is 0 Å². The van der Waals surface area contributed by atoms with Gasteiger partial charge in [0.15, 0.2) is 0 Å². The lowest BCUT2D eigenvalue weighted by molar-refractivity contribution is -0.135. The molecule has 114 valence electrons. The molecule has 1 amide bonds. The van der Waals surface area contributed by atoms with E-state index >= 15 is 0 Å². The zero-order valence-electron chi connectivity index (χ0n) is 12.7. The minimum atomic E-state index is -0.145. The van der Waals surface area contributed by atoms with Crippen LogP contribution in [-0.4, -0.2) is 33.2 Å². The molecule has 2 heterocycles. The molecule has 0 saturated carbocycles. The van der Waals surface area contributed by atoms with Gasteiger partial charge in [-0.2, -0.15) is 5.10 Å². The minimum absolute atomic E-state index is 0.0209. The van der Waals surface area contributed by atoms with Crippen LogP contribution in [0.1, 0.15) is 50.3 Å². The molecule has 1 aromatic rings. The quantitative estimate of drug-likeness (QED) is 0.829. The van der Waals surface area contributed by atoms with Crippen molar-refractivity contribution in [3.05, 3.63) is 27.7 Å². The van der Waals surface area contributed by atoms with Crippen LogP contribution in [0.3, 0.4) is 0 Å². The van der Waals surface area contributed by atoms with Crippen molar-refractivity contribution in [1.29, 1.82) is 0 Å². The van der Waals surface area contributed by atoms with E-state index in [1.807, 2.05) is 4.90 Å². The van der Waals surface area contributed by atoms with E-state index in [1.54, 1.807) is 6.07 Å². The van der Waals surface area contributed by atoms with Gasteiger partial charge in [0.1, 0.15) is 6.54 Å². The molecule has 5 heteroatoms. The molecule has 0 unspecified atom stereocenters. The fourth-order valence-electron chi connectivity index (χ4n) is 3.40. The molecule has 21 heavy (non-hydrogen) atoms. The number of carbonyl (C=O) groups excluding carboxylic acids is 1. The van der Waals surface area contributed by atoms with Crippen LogP contribution in [0.25, 0.3) is 0 Å². The fraction of sp³-hybridized carbons (Fsp3) is 0.688. The molecule has 2 aliphatic rings. The molecule has 5 nitrogen and oxygen atoms in total. The van der Waals surface area contributed by atoms with E-state index in [0.29, 0.717) is 0 Å². The maximum Gasteiger partial charge on any atom is 0.267 e. The largest absolute Gasteiger partial charge is 0.338 e. The Bertz CT molecular complexity index is 594. The van der Waals surface area contributed by atoms with Gasteiger partial charge in [0, 0.05) is 18.7 Å². The summed E-state index contributed by atoms with van der Waals surface area (Å²) in [4.78, 5) is 26.4. The number of likely N-dealkylation sites (tertiary alicyclic amines) is 1. The van der Waals surface area contributed by atoms with Crippen LogP contribution in [-0.2, 0) is 24.2 Å². The molecule has 1 aromatic heterocycles. The Morgan fingerprint density at radius 2 is 2.10 bits per heavy atom. The van der Waals surface area contributed by atoms with E-state index in [1.165, 1.54) is 11.1 Å². The number of carbonyl (C=O) groups is 1. The van der Waals surface area contributed by atoms with Gasteiger partial charge in [0.2, 0.25) is 5.91 Å². The van der Waals surface area contributed by atoms with Gasteiger partial charge in [-0.3, -0.25) is 9.59 Å². The van der Waals surface area contributed by atoms with E-state index in [4.69, 9.17) is 0 Å². The molecule has 0 spiro atoms. The predicted octanol–water partition coefficient (Wildman–Crippen LogP) is 1.52. The number of rotatable bonds is 2. The lowest BCUT2D eigenvalue weighted by atomic mass is 9.97. The molecule has 1 aliphatic carbocycles. The fourth-order valence-corrected chi connectivity index (χ4v) is 3.40. The van der Waals surface area contributed by atoms with E-state index in [0.717, 1.165) is 56.3 Å². The van der Waals surface area contributed by atoms with Crippen LogP contribution in [0.15, 0.2) is 10.9 Å². The highest BCUT2D eigenvalue weighted by Crippen LogP contribution is 2.18. The van der Waals surface area contributed by atoms with Crippen molar-refractivity contribution in [1.82, 2.24) is 14.7 Å². The lowest BCUT2D eigenvalue weighted by Gasteiger charge is -2.33. The molecular weight excluding hydrogens is 266 g/mol. The number of hydrogen-bond donors (Lipinski definition) is 0. The zero-order chi connectivity index (χ0) is 14.8. The molecule has 1 fully saturated rings. The molecule has 0 bridgehead atoms. The highest BCUT2D eigenvalue weighted by molar-refractivity contribution is 5.76. The summed E-state index contributed by atoms with van der Waals surface area (Å²) >= 11 is 0. The second-order valence-corrected chi connectivity index (χ2v) is 6.25. The highest BCUT2D eigenvalue weighted by atomic mass is 16.2. The molecule has 0 radical (unpaired) electrons. The molecule has 3 rings (SSSR count). The Hall–Kier alpha value is -1.65. The summed E-state index contributed by atoms with van der Waals surface area (Å²) in [5.74, 6) is 0.0209. The second kappa shape index (κ2) is 6.00. The topological polar surface area (TPSA) is 55.2 Å². The number of aryl methyl sites for hydroxylation is 2. The molecule has 0 N–H and O–H groups in total. The van der Waals surface area contributed by atoms with Crippen LogP contribution in [0, 0.1) is 0 Å². The maximum absolute atomic E-state index is 12.4. The van der Waals surface area contributed by atoms with E-state index in [9.17, 15) is 9.59 Å². The Morgan fingerprint density at radius 1 is 1.29 bits per heavy atom. The summed E-state index contributed by atoms with van der Waals surface area (Å²) in [6, 6.07) is 1.95. The minimum Gasteiger partial charge on any atom is -0.338 e. The molecule has 1 saturated heterocycles. The standard InChI is InChI=1S/C16H23N3O2/c1-12-6-4-5-9-18(12)16(21)11-19-15(20)10-13-7-2-3-8-14(13)17-19/h10,12H,2-9,11H2,1H3/t12-/m1/s1. The number of aromatic nitrogens is 2. The van der Waals surface area contributed by atoms with E-state index < -0.39 is 0 Å². The third-order valence-electron chi connectivity index (χ3n) is 4.68. The van der Waals surface area contributed by atoms with Crippen molar-refractivity contribution >= 4 is 5.91 Å². The zero-order valence-corrected chi connectivity index (χ0v) is 12.7. The molecule has 1 atom stereocenters. The van der Waals surface area contributed by atoms with Gasteiger partial charge >= 0.3 is 0 Å². The first-order valence-corrected chi connectivity index (χ1v) is 8.04. The van der Waals surface area contributed by atoms with Gasteiger partial charge in [-0.1, -0.05) is 0 Å². The monoisotopic (exact) mass is 289 g/mol. The van der Waals surface area contributed by atoms with Crippen LogP contribution in [0.2, 0.25) is 0 Å². The summed E-state index contributed by atoms with van der Waals surface area (Å²) in [5.41, 5.74) is 1.93. The van der Waals surface area contributed by atoms with Gasteiger partial charge in [-0.15, -0.1) is 0 Å². The van der Waals surface area contributed by atoms with Gasteiger partial charge < -0.3 is 4.90 Å². The number of amides is 1. The van der Waals surface area contributed by atoms with Crippen molar-refractivity contribution in [2.45, 2.75) is 64.5 Å². The summed E-state index contributed by atoms with van der Waals surface area (Å²) < 4.78 is 1.35. The average Bonchev–Trinajstić information content (AvgIpc) is 2.48.